The van der Waals surface area contributed by atoms with E-state index < -0.39 is 0 Å². The van der Waals surface area contributed by atoms with Crippen LogP contribution in [0.3, 0.4) is 0 Å². The quantitative estimate of drug-likeness (QED) is 0.779. The van der Waals surface area contributed by atoms with Gasteiger partial charge < -0.3 is 10.2 Å². The molecule has 0 bridgehead atoms. The molecule has 0 aromatic carbocycles. The van der Waals surface area contributed by atoms with E-state index in [-0.39, 0.29) is 0 Å². The highest BCUT2D eigenvalue weighted by Gasteiger charge is 2.27. The number of hydrogen-bond donors (Lipinski definition) is 1. The van der Waals surface area contributed by atoms with Gasteiger partial charge in [-0.1, -0.05) is 32.6 Å². The summed E-state index contributed by atoms with van der Waals surface area (Å²) in [6.45, 7) is 4.93. The molecule has 0 aliphatic heterocycles. The zero-order chi connectivity index (χ0) is 12.8. The van der Waals surface area contributed by atoms with Gasteiger partial charge in [-0.15, -0.1) is 0 Å². The lowest BCUT2D eigenvalue weighted by molar-refractivity contribution is 0.151. The molecule has 2 unspecified atom stereocenters. The molecule has 2 aliphatic carbocycles. The fourth-order valence-electron chi connectivity index (χ4n) is 4.14. The third kappa shape index (κ3) is 3.71. The van der Waals surface area contributed by atoms with Crippen LogP contribution in [-0.2, 0) is 0 Å². The second kappa shape index (κ2) is 7.49. The van der Waals surface area contributed by atoms with Gasteiger partial charge in [0.25, 0.3) is 0 Å². The van der Waals surface area contributed by atoms with Crippen LogP contribution in [0.4, 0.5) is 0 Å². The molecule has 1 N–H and O–H groups in total. The number of rotatable bonds is 6. The highest BCUT2D eigenvalue weighted by molar-refractivity contribution is 4.84. The third-order valence-electron chi connectivity index (χ3n) is 5.31. The molecular weight excluding hydrogens is 220 g/mol. The molecule has 0 aromatic heterocycles. The minimum absolute atomic E-state index is 0.801. The fourth-order valence-corrected chi connectivity index (χ4v) is 4.14. The molecular formula is C16H32N2. The van der Waals surface area contributed by atoms with Crippen LogP contribution in [0, 0.1) is 5.92 Å². The van der Waals surface area contributed by atoms with Crippen molar-refractivity contribution in [3.05, 3.63) is 0 Å². The second-order valence-electron chi connectivity index (χ2n) is 6.30. The van der Waals surface area contributed by atoms with E-state index in [2.05, 4.69) is 24.2 Å². The molecule has 0 spiro atoms. The third-order valence-corrected chi connectivity index (χ3v) is 5.31. The largest absolute Gasteiger partial charge is 0.317 e. The van der Waals surface area contributed by atoms with Crippen LogP contribution in [-0.4, -0.2) is 37.1 Å². The Balaban J connectivity index is 1.75. The molecule has 0 aromatic rings. The molecule has 2 saturated carbocycles. The predicted molar refractivity (Wildman–Crippen MR) is 78.9 cm³/mol. The van der Waals surface area contributed by atoms with Gasteiger partial charge in [0.2, 0.25) is 0 Å². The number of hydrogen-bond acceptors (Lipinski definition) is 2. The summed E-state index contributed by atoms with van der Waals surface area (Å²) in [5, 5.41) is 3.52. The van der Waals surface area contributed by atoms with Gasteiger partial charge in [-0.2, -0.15) is 0 Å². The molecule has 2 atom stereocenters. The van der Waals surface area contributed by atoms with Gasteiger partial charge in [0.1, 0.15) is 0 Å². The van der Waals surface area contributed by atoms with E-state index in [1.165, 1.54) is 70.9 Å². The van der Waals surface area contributed by atoms with Crippen molar-refractivity contribution in [2.45, 2.75) is 76.8 Å². The van der Waals surface area contributed by atoms with Crippen molar-refractivity contribution in [1.29, 1.82) is 0 Å². The Morgan fingerprint density at radius 1 is 1.00 bits per heavy atom. The van der Waals surface area contributed by atoms with Crippen molar-refractivity contribution < 1.29 is 0 Å². The van der Waals surface area contributed by atoms with E-state index in [4.69, 9.17) is 0 Å². The lowest BCUT2D eigenvalue weighted by atomic mass is 9.93. The van der Waals surface area contributed by atoms with Gasteiger partial charge >= 0.3 is 0 Å². The first-order valence-corrected chi connectivity index (χ1v) is 8.26. The summed E-state index contributed by atoms with van der Waals surface area (Å²) in [5.74, 6) is 0.938. The van der Waals surface area contributed by atoms with E-state index in [0.717, 1.165) is 18.0 Å². The van der Waals surface area contributed by atoms with E-state index in [1.54, 1.807) is 0 Å². The average molecular weight is 252 g/mol. The topological polar surface area (TPSA) is 15.3 Å². The molecule has 2 heteroatoms. The maximum absolute atomic E-state index is 3.52. The van der Waals surface area contributed by atoms with Crippen LogP contribution in [0.5, 0.6) is 0 Å². The lowest BCUT2D eigenvalue weighted by Crippen LogP contribution is -2.39. The summed E-state index contributed by atoms with van der Waals surface area (Å²) in [7, 11) is 2.14. The molecule has 106 valence electrons. The van der Waals surface area contributed by atoms with Gasteiger partial charge in [-0.3, -0.25) is 0 Å². The van der Waals surface area contributed by atoms with Crippen molar-refractivity contribution in [2.24, 2.45) is 5.92 Å². The van der Waals surface area contributed by atoms with Crippen LogP contribution in [0.2, 0.25) is 0 Å². The van der Waals surface area contributed by atoms with Gasteiger partial charge in [0.05, 0.1) is 0 Å². The lowest BCUT2D eigenvalue weighted by Gasteiger charge is -2.34. The predicted octanol–water partition coefficient (Wildman–Crippen LogP) is 3.42. The van der Waals surface area contributed by atoms with Crippen molar-refractivity contribution in [1.82, 2.24) is 10.2 Å². The van der Waals surface area contributed by atoms with Crippen molar-refractivity contribution >= 4 is 0 Å². The van der Waals surface area contributed by atoms with E-state index in [9.17, 15) is 0 Å². The van der Waals surface area contributed by atoms with E-state index in [1.807, 2.05) is 0 Å². The van der Waals surface area contributed by atoms with Crippen LogP contribution in [0.1, 0.15) is 64.7 Å². The first kappa shape index (κ1) is 14.3. The standard InChI is InChI=1S/C16H32N2/c1-3-18(15-9-5-4-6-10-15)13-12-14-8-7-11-16(14)17-2/h14-17H,3-13H2,1-2H3. The SMILES string of the molecule is CCN(CCC1CCCC1NC)C1CCCCC1. The van der Waals surface area contributed by atoms with Crippen LogP contribution < -0.4 is 5.32 Å². The van der Waals surface area contributed by atoms with Gasteiger partial charge in [0, 0.05) is 12.1 Å². The highest BCUT2D eigenvalue weighted by atomic mass is 15.1. The zero-order valence-electron chi connectivity index (χ0n) is 12.5. The summed E-state index contributed by atoms with van der Waals surface area (Å²) in [6, 6.07) is 1.70. The Morgan fingerprint density at radius 2 is 1.78 bits per heavy atom. The summed E-state index contributed by atoms with van der Waals surface area (Å²) >= 11 is 0. The van der Waals surface area contributed by atoms with Gasteiger partial charge in [-0.05, 0) is 58.2 Å². The average Bonchev–Trinajstić information content (AvgIpc) is 2.88. The van der Waals surface area contributed by atoms with Gasteiger partial charge in [-0.25, -0.2) is 0 Å². The Kier molecular flexibility index (Phi) is 5.97. The Hall–Kier alpha value is -0.0800. The molecule has 0 heterocycles. The molecule has 18 heavy (non-hydrogen) atoms. The summed E-state index contributed by atoms with van der Waals surface area (Å²) in [4.78, 5) is 2.77. The van der Waals surface area contributed by atoms with Crippen LogP contribution in [0.15, 0.2) is 0 Å². The molecule has 2 nitrogen and oxygen atoms in total. The maximum atomic E-state index is 3.52. The van der Waals surface area contributed by atoms with E-state index >= 15 is 0 Å². The number of nitrogens with zero attached hydrogens (tertiary/aromatic N) is 1. The zero-order valence-corrected chi connectivity index (χ0v) is 12.5. The normalized spacial score (nSPS) is 30.2. The number of nitrogens with one attached hydrogen (secondary N) is 1. The molecule has 2 rings (SSSR count). The van der Waals surface area contributed by atoms with Crippen molar-refractivity contribution in [2.75, 3.05) is 20.1 Å². The molecule has 0 saturated heterocycles. The monoisotopic (exact) mass is 252 g/mol. The minimum Gasteiger partial charge on any atom is -0.317 e. The van der Waals surface area contributed by atoms with Gasteiger partial charge in [0.15, 0.2) is 0 Å². The van der Waals surface area contributed by atoms with E-state index in [0.29, 0.717) is 0 Å². The Morgan fingerprint density at radius 3 is 2.44 bits per heavy atom. The minimum atomic E-state index is 0.801. The highest BCUT2D eigenvalue weighted by Crippen LogP contribution is 2.29. The molecule has 0 amide bonds. The second-order valence-corrected chi connectivity index (χ2v) is 6.30. The summed E-state index contributed by atoms with van der Waals surface area (Å²) in [5.41, 5.74) is 0. The first-order chi connectivity index (χ1) is 8.85. The smallest absolute Gasteiger partial charge is 0.00951 e. The first-order valence-electron chi connectivity index (χ1n) is 8.26. The molecule has 0 radical (unpaired) electrons. The maximum Gasteiger partial charge on any atom is 0.00951 e. The Bertz CT molecular complexity index is 223. The molecule has 2 aliphatic rings. The summed E-state index contributed by atoms with van der Waals surface area (Å²) < 4.78 is 0. The van der Waals surface area contributed by atoms with Crippen molar-refractivity contribution in [3.8, 4) is 0 Å². The summed E-state index contributed by atoms with van der Waals surface area (Å²) in [6.07, 6.45) is 13.0. The Labute approximate surface area is 114 Å². The van der Waals surface area contributed by atoms with Crippen LogP contribution in [0.25, 0.3) is 0 Å². The molecule has 2 fully saturated rings. The van der Waals surface area contributed by atoms with Crippen LogP contribution >= 0.6 is 0 Å². The fraction of sp³-hybridized carbons (Fsp3) is 1.00. The van der Waals surface area contributed by atoms with Crippen molar-refractivity contribution in [3.63, 3.8) is 0 Å².